The Bertz CT molecular complexity index is 959. The number of nitrogens with zero attached hydrogens (tertiary/aromatic N) is 4. The summed E-state index contributed by atoms with van der Waals surface area (Å²) >= 11 is 1.35. The van der Waals surface area contributed by atoms with Crippen LogP contribution in [0.1, 0.15) is 15.9 Å². The molecule has 0 radical (unpaired) electrons. The van der Waals surface area contributed by atoms with Gasteiger partial charge in [0.2, 0.25) is 0 Å². The van der Waals surface area contributed by atoms with Crippen LogP contribution in [-0.4, -0.2) is 51.5 Å². The Labute approximate surface area is 167 Å². The van der Waals surface area contributed by atoms with Crippen LogP contribution in [0.4, 0.5) is 0 Å². The summed E-state index contributed by atoms with van der Waals surface area (Å²) in [7, 11) is 1.66. The number of benzene rings is 1. The van der Waals surface area contributed by atoms with Crippen molar-refractivity contribution in [1.82, 2.24) is 19.7 Å². The lowest BCUT2D eigenvalue weighted by atomic mass is 10.3. The summed E-state index contributed by atoms with van der Waals surface area (Å²) in [5, 5.41) is 4.89. The molecule has 0 spiro atoms. The number of aromatic nitrogens is 3. The minimum absolute atomic E-state index is 0.296. The van der Waals surface area contributed by atoms with Gasteiger partial charge in [0.1, 0.15) is 5.03 Å². The fourth-order valence-corrected chi connectivity index (χ4v) is 3.09. The Morgan fingerprint density at radius 3 is 2.71 bits per heavy atom. The number of amides is 1. The zero-order chi connectivity index (χ0) is 19.9. The summed E-state index contributed by atoms with van der Waals surface area (Å²) in [5.74, 6) is -0.855. The van der Waals surface area contributed by atoms with Gasteiger partial charge in [-0.05, 0) is 30.5 Å². The number of para-hydroxylation sites is 1. The molecule has 1 aromatic carbocycles. The summed E-state index contributed by atoms with van der Waals surface area (Å²) in [6, 6.07) is 13.0. The van der Waals surface area contributed by atoms with Crippen LogP contribution in [0, 0.1) is 0 Å². The highest BCUT2D eigenvalue weighted by Gasteiger charge is 2.17. The third kappa shape index (κ3) is 4.77. The Morgan fingerprint density at radius 1 is 1.18 bits per heavy atom. The van der Waals surface area contributed by atoms with E-state index in [1.54, 1.807) is 36.3 Å². The fraction of sp³-hybridized carbons (Fsp3) is 0.200. The molecule has 2 heterocycles. The predicted molar refractivity (Wildman–Crippen MR) is 106 cm³/mol. The Hall–Kier alpha value is -3.13. The molecule has 0 N–H and O–H groups in total. The molecule has 1 amide bonds. The number of hydrogen-bond donors (Lipinski definition) is 0. The number of ether oxygens (including phenoxy) is 1. The van der Waals surface area contributed by atoms with E-state index in [2.05, 4.69) is 10.1 Å². The van der Waals surface area contributed by atoms with Crippen molar-refractivity contribution in [2.24, 2.45) is 0 Å². The number of carbonyl (C=O) groups is 2. The second-order valence-corrected chi connectivity index (χ2v) is 6.81. The second-order valence-electron chi connectivity index (χ2n) is 6.01. The Kier molecular flexibility index (Phi) is 6.44. The van der Waals surface area contributed by atoms with Gasteiger partial charge in [-0.3, -0.25) is 4.79 Å². The van der Waals surface area contributed by atoms with Gasteiger partial charge < -0.3 is 9.64 Å². The molecular formula is C20H20N4O3S. The van der Waals surface area contributed by atoms with Crippen molar-refractivity contribution in [2.45, 2.75) is 11.6 Å². The highest BCUT2D eigenvalue weighted by Crippen LogP contribution is 2.17. The number of pyridine rings is 1. The summed E-state index contributed by atoms with van der Waals surface area (Å²) < 4.78 is 6.91. The number of likely N-dealkylation sites (N-methyl/N-ethyl adjacent to an activating group) is 1. The van der Waals surface area contributed by atoms with Crippen LogP contribution in [0.2, 0.25) is 0 Å². The largest absolute Gasteiger partial charge is 0.452 e. The van der Waals surface area contributed by atoms with E-state index in [9.17, 15) is 9.59 Å². The van der Waals surface area contributed by atoms with Gasteiger partial charge in [0.05, 0.1) is 17.4 Å². The summed E-state index contributed by atoms with van der Waals surface area (Å²) in [5.41, 5.74) is 2.18. The Morgan fingerprint density at radius 2 is 1.96 bits per heavy atom. The molecule has 0 aliphatic heterocycles. The zero-order valence-corrected chi connectivity index (χ0v) is 16.4. The lowest BCUT2D eigenvalue weighted by Gasteiger charge is -2.16. The maximum absolute atomic E-state index is 12.3. The standard InChI is InChI=1S/C20H20N4O3S/c1-23(12-15-11-22-24(13-15)16-7-4-3-5-8-16)18(25)14-27-20(26)17-9-6-10-21-19(17)28-2/h3-11,13H,12,14H2,1-2H3. The van der Waals surface area contributed by atoms with Gasteiger partial charge in [-0.25, -0.2) is 14.5 Å². The molecule has 8 heteroatoms. The molecule has 144 valence electrons. The van der Waals surface area contributed by atoms with Crippen LogP contribution in [0.25, 0.3) is 5.69 Å². The first-order valence-electron chi connectivity index (χ1n) is 8.57. The average Bonchev–Trinajstić information content (AvgIpc) is 3.20. The minimum atomic E-state index is -0.559. The number of esters is 1. The van der Waals surface area contributed by atoms with Gasteiger partial charge in [-0.1, -0.05) is 18.2 Å². The maximum atomic E-state index is 12.3. The quantitative estimate of drug-likeness (QED) is 0.451. The van der Waals surface area contributed by atoms with E-state index < -0.39 is 5.97 Å². The van der Waals surface area contributed by atoms with Crippen LogP contribution in [0.3, 0.4) is 0 Å². The molecule has 7 nitrogen and oxygen atoms in total. The topological polar surface area (TPSA) is 77.3 Å². The number of thioether (sulfide) groups is 1. The molecule has 0 fully saturated rings. The van der Waals surface area contributed by atoms with Crippen molar-refractivity contribution < 1.29 is 14.3 Å². The minimum Gasteiger partial charge on any atom is -0.452 e. The molecule has 0 unspecified atom stereocenters. The van der Waals surface area contributed by atoms with E-state index in [1.165, 1.54) is 16.7 Å². The normalized spacial score (nSPS) is 10.5. The zero-order valence-electron chi connectivity index (χ0n) is 15.6. The monoisotopic (exact) mass is 396 g/mol. The van der Waals surface area contributed by atoms with Crippen LogP contribution >= 0.6 is 11.8 Å². The van der Waals surface area contributed by atoms with E-state index >= 15 is 0 Å². The fourth-order valence-electron chi connectivity index (χ4n) is 2.55. The molecule has 3 aromatic rings. The van der Waals surface area contributed by atoms with E-state index in [1.807, 2.05) is 42.8 Å². The van der Waals surface area contributed by atoms with E-state index in [4.69, 9.17) is 4.74 Å². The van der Waals surface area contributed by atoms with Gasteiger partial charge in [0, 0.05) is 31.5 Å². The molecule has 2 aromatic heterocycles. The van der Waals surface area contributed by atoms with Crippen LogP contribution in [0.15, 0.2) is 66.1 Å². The first kappa shape index (κ1) is 19.6. The SMILES string of the molecule is CSc1ncccc1C(=O)OCC(=O)N(C)Cc1cnn(-c2ccccc2)c1. The molecule has 28 heavy (non-hydrogen) atoms. The highest BCUT2D eigenvalue weighted by atomic mass is 32.2. The van der Waals surface area contributed by atoms with Crippen LogP contribution in [0.5, 0.6) is 0 Å². The third-order valence-electron chi connectivity index (χ3n) is 4.01. The van der Waals surface area contributed by atoms with Gasteiger partial charge in [-0.2, -0.15) is 5.10 Å². The summed E-state index contributed by atoms with van der Waals surface area (Å²) in [6.07, 6.45) is 7.01. The second kappa shape index (κ2) is 9.18. The van der Waals surface area contributed by atoms with Gasteiger partial charge >= 0.3 is 5.97 Å². The first-order valence-corrected chi connectivity index (χ1v) is 9.80. The summed E-state index contributed by atoms with van der Waals surface area (Å²) in [4.78, 5) is 30.1. The molecule has 0 saturated carbocycles. The van der Waals surface area contributed by atoms with Crippen molar-refractivity contribution in [3.05, 3.63) is 72.2 Å². The molecule has 3 rings (SSSR count). The van der Waals surface area contributed by atoms with Gasteiger partial charge in [-0.15, -0.1) is 11.8 Å². The third-order valence-corrected chi connectivity index (χ3v) is 4.73. The molecular weight excluding hydrogens is 376 g/mol. The summed E-state index contributed by atoms with van der Waals surface area (Å²) in [6.45, 7) is 0.0387. The molecule has 0 bridgehead atoms. The average molecular weight is 396 g/mol. The van der Waals surface area contributed by atoms with E-state index in [0.29, 0.717) is 17.1 Å². The van der Waals surface area contributed by atoms with E-state index in [0.717, 1.165) is 11.3 Å². The van der Waals surface area contributed by atoms with Crippen molar-refractivity contribution >= 4 is 23.6 Å². The number of rotatable bonds is 7. The van der Waals surface area contributed by atoms with Crippen molar-refractivity contribution in [2.75, 3.05) is 19.9 Å². The smallest absolute Gasteiger partial charge is 0.341 e. The van der Waals surface area contributed by atoms with Crippen LogP contribution in [-0.2, 0) is 16.1 Å². The van der Waals surface area contributed by atoms with Gasteiger partial charge in [0.25, 0.3) is 5.91 Å². The highest BCUT2D eigenvalue weighted by molar-refractivity contribution is 7.98. The lowest BCUT2D eigenvalue weighted by molar-refractivity contribution is -0.133. The van der Waals surface area contributed by atoms with Crippen molar-refractivity contribution in [3.8, 4) is 5.69 Å². The Balaban J connectivity index is 1.55. The molecule has 0 atom stereocenters. The predicted octanol–water partition coefficient (Wildman–Crippen LogP) is 2.80. The molecule has 0 saturated heterocycles. The molecule has 0 aliphatic rings. The number of carbonyl (C=O) groups excluding carboxylic acids is 2. The van der Waals surface area contributed by atoms with Crippen LogP contribution < -0.4 is 0 Å². The number of hydrogen-bond acceptors (Lipinski definition) is 6. The van der Waals surface area contributed by atoms with E-state index in [-0.39, 0.29) is 12.5 Å². The first-order chi connectivity index (χ1) is 13.6. The maximum Gasteiger partial charge on any atom is 0.341 e. The molecule has 0 aliphatic carbocycles. The van der Waals surface area contributed by atoms with Crippen molar-refractivity contribution in [3.63, 3.8) is 0 Å². The lowest BCUT2D eigenvalue weighted by Crippen LogP contribution is -2.30. The van der Waals surface area contributed by atoms with Gasteiger partial charge in [0.15, 0.2) is 6.61 Å². The van der Waals surface area contributed by atoms with Crippen molar-refractivity contribution in [1.29, 1.82) is 0 Å².